The first-order chi connectivity index (χ1) is 3.12. The summed E-state index contributed by atoms with van der Waals surface area (Å²) in [6, 6.07) is 0. The van der Waals surface area contributed by atoms with E-state index in [4.69, 9.17) is 5.73 Å². The van der Waals surface area contributed by atoms with Crippen molar-refractivity contribution in [3.8, 4) is 0 Å². The Morgan fingerprint density at radius 1 is 1.38 bits per heavy atom. The van der Waals surface area contributed by atoms with Gasteiger partial charge in [0.15, 0.2) is 0 Å². The van der Waals surface area contributed by atoms with Crippen LogP contribution in [0.4, 0.5) is 0 Å². The molecule has 4 heteroatoms. The third kappa shape index (κ3) is 5.09. The first kappa shape index (κ1) is 11.7. The lowest BCUT2D eigenvalue weighted by atomic mass is 10.1. The van der Waals surface area contributed by atoms with Crippen molar-refractivity contribution in [2.24, 2.45) is 5.73 Å². The number of thiol groups is 2. The Balaban J connectivity index is 0. The van der Waals surface area contributed by atoms with Crippen LogP contribution >= 0.6 is 37.7 Å². The molecule has 0 bridgehead atoms. The highest BCUT2D eigenvalue weighted by molar-refractivity contribution is 7.81. The second-order valence-corrected chi connectivity index (χ2v) is 2.60. The molecule has 1 nitrogen and oxygen atoms in total. The third-order valence-corrected chi connectivity index (χ3v) is 2.17. The van der Waals surface area contributed by atoms with Crippen molar-refractivity contribution in [2.75, 3.05) is 11.5 Å². The summed E-state index contributed by atoms with van der Waals surface area (Å²) < 4.78 is 0. The molecule has 52 valence electrons. The molecule has 0 radical (unpaired) electrons. The Morgan fingerprint density at radius 3 is 1.62 bits per heavy atom. The van der Waals surface area contributed by atoms with E-state index < -0.39 is 0 Å². The molecular formula is C4H12ClNS2. The van der Waals surface area contributed by atoms with Gasteiger partial charge in [-0.15, -0.1) is 12.4 Å². The maximum atomic E-state index is 5.56. The highest BCUT2D eigenvalue weighted by Crippen LogP contribution is 2.01. The van der Waals surface area contributed by atoms with Crippen LogP contribution in [0, 0.1) is 0 Å². The van der Waals surface area contributed by atoms with Crippen molar-refractivity contribution in [3.63, 3.8) is 0 Å². The molecule has 0 heterocycles. The van der Waals surface area contributed by atoms with Gasteiger partial charge >= 0.3 is 0 Å². The van der Waals surface area contributed by atoms with Gasteiger partial charge in [-0.3, -0.25) is 0 Å². The van der Waals surface area contributed by atoms with Gasteiger partial charge in [0.25, 0.3) is 0 Å². The van der Waals surface area contributed by atoms with Crippen molar-refractivity contribution < 1.29 is 0 Å². The summed E-state index contributed by atoms with van der Waals surface area (Å²) in [4.78, 5) is 0. The lowest BCUT2D eigenvalue weighted by Crippen LogP contribution is -2.40. The fraction of sp³-hybridized carbons (Fsp3) is 1.00. The van der Waals surface area contributed by atoms with Gasteiger partial charge in [0.2, 0.25) is 0 Å². The van der Waals surface area contributed by atoms with Crippen molar-refractivity contribution in [1.29, 1.82) is 0 Å². The number of halogens is 1. The molecule has 2 N–H and O–H groups in total. The Hall–Kier alpha value is 0.950. The fourth-order valence-corrected chi connectivity index (χ4v) is 0.450. The average molecular weight is 174 g/mol. The van der Waals surface area contributed by atoms with E-state index in [-0.39, 0.29) is 17.9 Å². The zero-order valence-electron chi connectivity index (χ0n) is 4.79. The van der Waals surface area contributed by atoms with E-state index in [1.54, 1.807) is 0 Å². The van der Waals surface area contributed by atoms with Crippen LogP contribution in [0.5, 0.6) is 0 Å². The van der Waals surface area contributed by atoms with Crippen molar-refractivity contribution >= 4 is 37.7 Å². The lowest BCUT2D eigenvalue weighted by molar-refractivity contribution is 0.606. The first-order valence-corrected chi connectivity index (χ1v) is 3.39. The van der Waals surface area contributed by atoms with E-state index in [1.807, 2.05) is 6.92 Å². The maximum Gasteiger partial charge on any atom is 0.0304 e. The summed E-state index contributed by atoms with van der Waals surface area (Å²) in [5.74, 6) is 1.38. The van der Waals surface area contributed by atoms with E-state index in [9.17, 15) is 0 Å². The third-order valence-electron chi connectivity index (χ3n) is 0.722. The quantitative estimate of drug-likeness (QED) is 0.534. The monoisotopic (exact) mass is 173 g/mol. The molecule has 0 aliphatic heterocycles. The Labute approximate surface area is 67.6 Å². The molecule has 0 atom stereocenters. The molecule has 0 aliphatic carbocycles. The van der Waals surface area contributed by atoms with Gasteiger partial charge < -0.3 is 5.73 Å². The molecule has 0 saturated heterocycles. The Bertz CT molecular complexity index is 52.0. The highest BCUT2D eigenvalue weighted by atomic mass is 35.5. The van der Waals surface area contributed by atoms with Crippen LogP contribution in [0.15, 0.2) is 0 Å². The molecule has 0 saturated carbocycles. The molecule has 0 spiro atoms. The lowest BCUT2D eigenvalue weighted by Gasteiger charge is -2.17. The molecule has 0 fully saturated rings. The zero-order valence-corrected chi connectivity index (χ0v) is 7.40. The fourth-order valence-electron chi connectivity index (χ4n) is 0.0500. The van der Waals surface area contributed by atoms with Crippen LogP contribution < -0.4 is 5.73 Å². The van der Waals surface area contributed by atoms with Crippen LogP contribution in [0.1, 0.15) is 6.92 Å². The van der Waals surface area contributed by atoms with Crippen LogP contribution in [0.2, 0.25) is 0 Å². The van der Waals surface area contributed by atoms with E-state index >= 15 is 0 Å². The topological polar surface area (TPSA) is 26.0 Å². The second-order valence-electron chi connectivity index (χ2n) is 1.97. The summed E-state index contributed by atoms with van der Waals surface area (Å²) in [5.41, 5.74) is 5.37. The minimum Gasteiger partial charge on any atom is -0.324 e. The van der Waals surface area contributed by atoms with Crippen LogP contribution in [0.25, 0.3) is 0 Å². The smallest absolute Gasteiger partial charge is 0.0304 e. The zero-order chi connectivity index (χ0) is 5.91. The van der Waals surface area contributed by atoms with Gasteiger partial charge in [-0.05, 0) is 6.92 Å². The molecule has 0 aliphatic rings. The number of nitrogens with two attached hydrogens (primary N) is 1. The van der Waals surface area contributed by atoms with E-state index in [1.165, 1.54) is 0 Å². The van der Waals surface area contributed by atoms with Gasteiger partial charge in [0.05, 0.1) is 0 Å². The SMILES string of the molecule is CC(N)(CS)CS.Cl. The van der Waals surface area contributed by atoms with E-state index in [0.29, 0.717) is 11.5 Å². The Morgan fingerprint density at radius 2 is 1.62 bits per heavy atom. The van der Waals surface area contributed by atoms with Gasteiger partial charge in [-0.2, -0.15) is 25.3 Å². The molecule has 0 aromatic rings. The molecule has 0 aromatic heterocycles. The molecule has 8 heavy (non-hydrogen) atoms. The van der Waals surface area contributed by atoms with Crippen LogP contribution in [0.3, 0.4) is 0 Å². The number of rotatable bonds is 2. The molecular weight excluding hydrogens is 162 g/mol. The standard InChI is InChI=1S/C4H11NS2.ClH/c1-4(5,2-6)3-7;/h6-7H,2-3,5H2,1H3;1H. The molecule has 0 amide bonds. The van der Waals surface area contributed by atoms with E-state index in [2.05, 4.69) is 25.3 Å². The minimum absolute atomic E-state index is 0. The summed E-state index contributed by atoms with van der Waals surface area (Å²) in [6.07, 6.45) is 0. The van der Waals surface area contributed by atoms with Crippen molar-refractivity contribution in [1.82, 2.24) is 0 Å². The summed E-state index contributed by atoms with van der Waals surface area (Å²) in [7, 11) is 0. The normalized spacial score (nSPS) is 10.5. The summed E-state index contributed by atoms with van der Waals surface area (Å²) in [5, 5.41) is 0. The largest absolute Gasteiger partial charge is 0.324 e. The van der Waals surface area contributed by atoms with Gasteiger partial charge in [-0.25, -0.2) is 0 Å². The number of hydrogen-bond donors (Lipinski definition) is 3. The van der Waals surface area contributed by atoms with Crippen LogP contribution in [-0.4, -0.2) is 17.0 Å². The van der Waals surface area contributed by atoms with Crippen molar-refractivity contribution in [3.05, 3.63) is 0 Å². The second kappa shape index (κ2) is 4.79. The number of hydrogen-bond acceptors (Lipinski definition) is 3. The molecule has 0 unspecified atom stereocenters. The van der Waals surface area contributed by atoms with Gasteiger partial charge in [-0.1, -0.05) is 0 Å². The molecule has 0 rings (SSSR count). The van der Waals surface area contributed by atoms with E-state index in [0.717, 1.165) is 0 Å². The van der Waals surface area contributed by atoms with Gasteiger partial charge in [0.1, 0.15) is 0 Å². The highest BCUT2D eigenvalue weighted by Gasteiger charge is 2.11. The Kier molecular flexibility index (Phi) is 7.02. The van der Waals surface area contributed by atoms with Crippen LogP contribution in [-0.2, 0) is 0 Å². The predicted octanol–water partition coefficient (Wildman–Crippen LogP) is 0.985. The summed E-state index contributed by atoms with van der Waals surface area (Å²) in [6.45, 7) is 1.92. The average Bonchev–Trinajstić information content (AvgIpc) is 1.68. The van der Waals surface area contributed by atoms with Crippen molar-refractivity contribution in [2.45, 2.75) is 12.5 Å². The minimum atomic E-state index is -0.188. The van der Waals surface area contributed by atoms with Gasteiger partial charge in [0, 0.05) is 17.0 Å². The first-order valence-electron chi connectivity index (χ1n) is 2.13. The molecule has 0 aromatic carbocycles. The predicted molar refractivity (Wildman–Crippen MR) is 47.5 cm³/mol. The maximum absolute atomic E-state index is 5.56. The summed E-state index contributed by atoms with van der Waals surface area (Å²) >= 11 is 8.01.